The second-order valence-corrected chi connectivity index (χ2v) is 7.08. The maximum absolute atomic E-state index is 5.26. The quantitative estimate of drug-likeness (QED) is 0.497. The number of aromatic nitrogens is 1. The Morgan fingerprint density at radius 3 is 2.39 bits per heavy atom. The number of aryl methyl sites for hydroxylation is 1. The summed E-state index contributed by atoms with van der Waals surface area (Å²) in [5.41, 5.74) is 2.94. The largest absolute Gasteiger partial charge is 0.497 e. The smallest absolute Gasteiger partial charge is 0.227 e. The lowest BCUT2D eigenvalue weighted by molar-refractivity contribution is 0.338. The molecule has 144 valence electrons. The lowest BCUT2D eigenvalue weighted by Crippen LogP contribution is -2.36. The van der Waals surface area contributed by atoms with Crippen molar-refractivity contribution < 1.29 is 4.74 Å². The number of para-hydroxylation sites is 1. The lowest BCUT2D eigenvalue weighted by atomic mass is 10.1. The van der Waals surface area contributed by atoms with Crippen molar-refractivity contribution in [2.45, 2.75) is 19.3 Å². The van der Waals surface area contributed by atoms with Crippen LogP contribution in [0.4, 0.5) is 5.69 Å². The number of rotatable bonds is 2. The summed E-state index contributed by atoms with van der Waals surface area (Å²) < 4.78 is 7.38. The third-order valence-corrected chi connectivity index (χ3v) is 5.21. The predicted octanol–water partition coefficient (Wildman–Crippen LogP) is 4.26. The van der Waals surface area contributed by atoms with Crippen LogP contribution in [0.3, 0.4) is 0 Å². The highest BCUT2D eigenvalue weighted by atomic mass is 16.5. The van der Waals surface area contributed by atoms with Crippen molar-refractivity contribution >= 4 is 22.5 Å². The van der Waals surface area contributed by atoms with Crippen molar-refractivity contribution in [3.05, 3.63) is 66.2 Å². The number of guanidine groups is 1. The first-order valence-corrected chi connectivity index (χ1v) is 9.82. The zero-order valence-electron chi connectivity index (χ0n) is 16.5. The van der Waals surface area contributed by atoms with Gasteiger partial charge in [-0.15, -0.1) is 0 Å². The number of benzene rings is 2. The second-order valence-electron chi connectivity index (χ2n) is 7.08. The normalized spacial score (nSPS) is 15.9. The standard InChI is InChI=1S/C23H26N4O/c1-26-21-9-5-4-8-18(21)10-15-22(26)25-23(27-16-6-3-7-17-27)24-19-11-13-20(28-2)14-12-19/h4-5,8-15H,3,6-7,16-17H2,1-2H3. The minimum atomic E-state index is 0.774. The summed E-state index contributed by atoms with van der Waals surface area (Å²) in [6.07, 6.45) is 3.64. The van der Waals surface area contributed by atoms with Gasteiger partial charge in [-0.05, 0) is 67.1 Å². The van der Waals surface area contributed by atoms with Gasteiger partial charge in [-0.25, -0.2) is 4.99 Å². The van der Waals surface area contributed by atoms with E-state index in [-0.39, 0.29) is 0 Å². The summed E-state index contributed by atoms with van der Waals surface area (Å²) in [6.45, 7) is 1.99. The molecule has 5 nitrogen and oxygen atoms in total. The molecule has 0 unspecified atom stereocenters. The fourth-order valence-corrected chi connectivity index (χ4v) is 3.58. The topological polar surface area (TPSA) is 42.1 Å². The van der Waals surface area contributed by atoms with E-state index >= 15 is 0 Å². The molecule has 1 aliphatic rings. The molecule has 0 atom stereocenters. The minimum Gasteiger partial charge on any atom is -0.497 e. The molecule has 1 fully saturated rings. The Labute approximate surface area is 165 Å². The summed E-state index contributed by atoms with van der Waals surface area (Å²) in [5, 5.41) is 1.20. The number of pyridine rings is 1. The summed E-state index contributed by atoms with van der Waals surface area (Å²) >= 11 is 0. The molecule has 1 saturated heterocycles. The Hall–Kier alpha value is -3.08. The molecule has 0 aliphatic carbocycles. The van der Waals surface area contributed by atoms with Crippen LogP contribution in [0.15, 0.2) is 70.6 Å². The molecule has 28 heavy (non-hydrogen) atoms. The van der Waals surface area contributed by atoms with Crippen LogP contribution in [-0.2, 0) is 7.05 Å². The minimum absolute atomic E-state index is 0.774. The van der Waals surface area contributed by atoms with E-state index < -0.39 is 0 Å². The number of likely N-dealkylation sites (tertiary alicyclic amines) is 1. The second kappa shape index (κ2) is 8.30. The summed E-state index contributed by atoms with van der Waals surface area (Å²) in [6, 6.07) is 20.4. The van der Waals surface area contributed by atoms with Crippen LogP contribution >= 0.6 is 0 Å². The van der Waals surface area contributed by atoms with Crippen molar-refractivity contribution in [3.63, 3.8) is 0 Å². The molecule has 0 amide bonds. The zero-order valence-corrected chi connectivity index (χ0v) is 16.5. The Morgan fingerprint density at radius 1 is 0.893 bits per heavy atom. The maximum atomic E-state index is 5.26. The molecule has 2 aromatic carbocycles. The summed E-state index contributed by atoms with van der Waals surface area (Å²) in [7, 11) is 3.73. The van der Waals surface area contributed by atoms with Crippen LogP contribution in [0, 0.1) is 0 Å². The van der Waals surface area contributed by atoms with Crippen LogP contribution in [0.1, 0.15) is 19.3 Å². The number of methoxy groups -OCH3 is 1. The van der Waals surface area contributed by atoms with Crippen LogP contribution < -0.4 is 10.2 Å². The van der Waals surface area contributed by atoms with Gasteiger partial charge in [-0.3, -0.25) is 0 Å². The average Bonchev–Trinajstić information content (AvgIpc) is 2.76. The van der Waals surface area contributed by atoms with E-state index in [1.807, 2.05) is 24.3 Å². The van der Waals surface area contributed by atoms with Crippen molar-refractivity contribution in [2.75, 3.05) is 20.2 Å². The first-order chi connectivity index (χ1) is 13.7. The SMILES string of the molecule is COc1ccc(N=C(N=c2ccc3ccccc3n2C)N2CCCCC2)cc1. The first kappa shape index (κ1) is 18.3. The number of piperidine rings is 1. The maximum Gasteiger partial charge on any atom is 0.227 e. The summed E-state index contributed by atoms with van der Waals surface area (Å²) in [4.78, 5) is 12.2. The van der Waals surface area contributed by atoms with Crippen LogP contribution in [0.25, 0.3) is 10.9 Å². The first-order valence-electron chi connectivity index (χ1n) is 9.82. The fraction of sp³-hybridized carbons (Fsp3) is 0.304. The van der Waals surface area contributed by atoms with Crippen molar-refractivity contribution in [3.8, 4) is 5.75 Å². The van der Waals surface area contributed by atoms with E-state index in [4.69, 9.17) is 14.7 Å². The number of nitrogens with zero attached hydrogens (tertiary/aromatic N) is 4. The Balaban J connectivity index is 1.80. The van der Waals surface area contributed by atoms with Gasteiger partial charge in [0.2, 0.25) is 5.96 Å². The lowest BCUT2D eigenvalue weighted by Gasteiger charge is -2.27. The van der Waals surface area contributed by atoms with E-state index in [2.05, 4.69) is 52.9 Å². The fourth-order valence-electron chi connectivity index (χ4n) is 3.58. The molecule has 0 spiro atoms. The number of aliphatic imine (C=N–C) groups is 1. The molecule has 4 rings (SSSR count). The highest BCUT2D eigenvalue weighted by molar-refractivity contribution is 5.84. The number of hydrogen-bond donors (Lipinski definition) is 0. The Morgan fingerprint density at radius 2 is 1.64 bits per heavy atom. The van der Waals surface area contributed by atoms with Gasteiger partial charge in [-0.2, -0.15) is 4.99 Å². The molecule has 0 saturated carbocycles. The molecule has 2 heterocycles. The van der Waals surface area contributed by atoms with E-state index in [1.54, 1.807) is 7.11 Å². The number of ether oxygens (including phenoxy) is 1. The predicted molar refractivity (Wildman–Crippen MR) is 114 cm³/mol. The van der Waals surface area contributed by atoms with Crippen LogP contribution in [0.5, 0.6) is 5.75 Å². The van der Waals surface area contributed by atoms with Crippen LogP contribution in [0.2, 0.25) is 0 Å². The number of hydrogen-bond acceptors (Lipinski definition) is 2. The highest BCUT2D eigenvalue weighted by Crippen LogP contribution is 2.20. The average molecular weight is 374 g/mol. The molecule has 0 N–H and O–H groups in total. The molecular formula is C23H26N4O. The van der Waals surface area contributed by atoms with Gasteiger partial charge in [0.25, 0.3) is 0 Å². The number of fused-ring (bicyclic) bond motifs is 1. The third-order valence-electron chi connectivity index (χ3n) is 5.21. The molecule has 1 aromatic heterocycles. The van der Waals surface area contributed by atoms with Crippen LogP contribution in [-0.4, -0.2) is 35.6 Å². The van der Waals surface area contributed by atoms with Gasteiger partial charge in [0.1, 0.15) is 11.2 Å². The van der Waals surface area contributed by atoms with Gasteiger partial charge in [0, 0.05) is 25.7 Å². The van der Waals surface area contributed by atoms with Gasteiger partial charge < -0.3 is 14.2 Å². The van der Waals surface area contributed by atoms with E-state index in [0.717, 1.165) is 41.5 Å². The van der Waals surface area contributed by atoms with Crippen molar-refractivity contribution in [1.82, 2.24) is 9.47 Å². The highest BCUT2D eigenvalue weighted by Gasteiger charge is 2.15. The molecule has 3 aromatic rings. The third kappa shape index (κ3) is 3.93. The molecule has 0 radical (unpaired) electrons. The van der Waals surface area contributed by atoms with Crippen molar-refractivity contribution in [2.24, 2.45) is 17.0 Å². The van der Waals surface area contributed by atoms with Gasteiger partial charge >= 0.3 is 0 Å². The van der Waals surface area contributed by atoms with Gasteiger partial charge in [-0.1, -0.05) is 18.2 Å². The Kier molecular flexibility index (Phi) is 5.42. The van der Waals surface area contributed by atoms with E-state index in [0.29, 0.717) is 0 Å². The van der Waals surface area contributed by atoms with E-state index in [9.17, 15) is 0 Å². The molecular weight excluding hydrogens is 348 g/mol. The van der Waals surface area contributed by atoms with E-state index in [1.165, 1.54) is 24.6 Å². The molecule has 5 heteroatoms. The molecule has 1 aliphatic heterocycles. The monoisotopic (exact) mass is 374 g/mol. The van der Waals surface area contributed by atoms with Gasteiger partial charge in [0.15, 0.2) is 0 Å². The Bertz CT molecular complexity index is 1040. The van der Waals surface area contributed by atoms with Gasteiger partial charge in [0.05, 0.1) is 12.8 Å². The molecule has 0 bridgehead atoms. The zero-order chi connectivity index (χ0) is 19.3. The summed E-state index contributed by atoms with van der Waals surface area (Å²) in [5.74, 6) is 1.60. The van der Waals surface area contributed by atoms with Crippen molar-refractivity contribution in [1.29, 1.82) is 0 Å².